The van der Waals surface area contributed by atoms with Crippen LogP contribution in [0.4, 0.5) is 13.2 Å². The fourth-order valence-corrected chi connectivity index (χ4v) is 2.62. The summed E-state index contributed by atoms with van der Waals surface area (Å²) in [5, 5.41) is 12.7. The van der Waals surface area contributed by atoms with Crippen LogP contribution in [0.5, 0.6) is 0 Å². The van der Waals surface area contributed by atoms with E-state index >= 15 is 0 Å². The molecule has 5 nitrogen and oxygen atoms in total. The van der Waals surface area contributed by atoms with Crippen molar-refractivity contribution in [3.05, 3.63) is 11.8 Å². The molecule has 23 heavy (non-hydrogen) atoms. The lowest BCUT2D eigenvalue weighted by molar-refractivity contribution is -0.331. The second kappa shape index (κ2) is 9.24. The summed E-state index contributed by atoms with van der Waals surface area (Å²) in [6.07, 6.45) is -1.50. The van der Waals surface area contributed by atoms with Crippen molar-refractivity contribution in [3.63, 3.8) is 0 Å². The first-order valence-corrected chi connectivity index (χ1v) is 7.93. The van der Waals surface area contributed by atoms with Crippen molar-refractivity contribution >= 4 is 5.91 Å². The highest BCUT2D eigenvalue weighted by Crippen LogP contribution is 2.39. The summed E-state index contributed by atoms with van der Waals surface area (Å²) in [7, 11) is 0. The Hall–Kier alpha value is -1.12. The van der Waals surface area contributed by atoms with Gasteiger partial charge in [-0.05, 0) is 45.1 Å². The Labute approximate surface area is 134 Å². The fraction of sp³-hybridized carbons (Fsp3) is 0.800. The van der Waals surface area contributed by atoms with Gasteiger partial charge in [-0.1, -0.05) is 12.2 Å². The number of alkyl halides is 3. The predicted molar refractivity (Wildman–Crippen MR) is 78.1 cm³/mol. The number of amides is 1. The average Bonchev–Trinajstić information content (AvgIpc) is 2.50. The zero-order valence-electron chi connectivity index (χ0n) is 13.5. The number of carbonyl (C=O) groups is 1. The van der Waals surface area contributed by atoms with E-state index in [1.54, 1.807) is 13.0 Å². The summed E-state index contributed by atoms with van der Waals surface area (Å²) >= 11 is 0. The predicted octanol–water partition coefficient (Wildman–Crippen LogP) is 3.41. The molecule has 1 aliphatic carbocycles. The monoisotopic (exact) mass is 338 g/mol. The van der Waals surface area contributed by atoms with Crippen molar-refractivity contribution in [2.45, 2.75) is 52.1 Å². The van der Waals surface area contributed by atoms with Crippen LogP contribution in [0.1, 0.15) is 46.0 Å². The molecular weight excluding hydrogens is 313 g/mol. The van der Waals surface area contributed by atoms with E-state index in [4.69, 9.17) is 4.84 Å². The van der Waals surface area contributed by atoms with Crippen LogP contribution in [0, 0.1) is 11.8 Å². The zero-order valence-corrected chi connectivity index (χ0v) is 13.5. The standard InChI is InChI=1S/C15H25F3N2O3/c1-3-13(9-10-20(22)23-4-2)19-14(21)11-5-7-12(8-6-11)15(16,17)18/h9,11-12,22H,3-8,10H2,1-2H3,(H,19,21)/b13-9-. The molecule has 0 spiro atoms. The summed E-state index contributed by atoms with van der Waals surface area (Å²) in [5.41, 5.74) is 0.617. The number of rotatable bonds is 7. The largest absolute Gasteiger partial charge is 0.391 e. The van der Waals surface area contributed by atoms with Gasteiger partial charge in [-0.25, -0.2) is 0 Å². The topological polar surface area (TPSA) is 61.8 Å². The van der Waals surface area contributed by atoms with Gasteiger partial charge in [0.05, 0.1) is 19.1 Å². The van der Waals surface area contributed by atoms with Crippen LogP contribution in [-0.4, -0.2) is 35.7 Å². The van der Waals surface area contributed by atoms with Gasteiger partial charge in [0.2, 0.25) is 5.91 Å². The number of halogens is 3. The first kappa shape index (κ1) is 19.9. The summed E-state index contributed by atoms with van der Waals surface area (Å²) < 4.78 is 37.9. The minimum atomic E-state index is -4.17. The molecule has 0 radical (unpaired) electrons. The Morgan fingerprint density at radius 2 is 1.91 bits per heavy atom. The molecule has 0 aromatic heterocycles. The first-order valence-electron chi connectivity index (χ1n) is 7.93. The van der Waals surface area contributed by atoms with Gasteiger partial charge in [-0.15, -0.1) is 0 Å². The van der Waals surface area contributed by atoms with Crippen molar-refractivity contribution < 1.29 is 28.0 Å². The molecule has 1 amide bonds. The van der Waals surface area contributed by atoms with E-state index in [0.29, 0.717) is 24.0 Å². The minimum Gasteiger partial charge on any atom is -0.330 e. The van der Waals surface area contributed by atoms with E-state index in [9.17, 15) is 23.2 Å². The van der Waals surface area contributed by atoms with E-state index in [0.717, 1.165) is 0 Å². The van der Waals surface area contributed by atoms with Gasteiger partial charge < -0.3 is 5.32 Å². The number of nitrogens with zero attached hydrogens (tertiary/aromatic N) is 1. The molecule has 2 N–H and O–H groups in total. The molecule has 1 saturated carbocycles. The summed E-state index contributed by atoms with van der Waals surface area (Å²) in [6.45, 7) is 3.99. The lowest BCUT2D eigenvalue weighted by atomic mass is 9.81. The summed E-state index contributed by atoms with van der Waals surface area (Å²) in [6, 6.07) is 0. The minimum absolute atomic E-state index is 0.00151. The van der Waals surface area contributed by atoms with Gasteiger partial charge in [0.25, 0.3) is 0 Å². The Morgan fingerprint density at radius 1 is 1.30 bits per heavy atom. The molecule has 0 unspecified atom stereocenters. The van der Waals surface area contributed by atoms with Gasteiger partial charge in [0.1, 0.15) is 0 Å². The second-order valence-electron chi connectivity index (χ2n) is 5.61. The zero-order chi connectivity index (χ0) is 17.5. The van der Waals surface area contributed by atoms with Crippen molar-refractivity contribution in [1.82, 2.24) is 10.5 Å². The molecule has 1 fully saturated rings. The number of hydrogen-bond donors (Lipinski definition) is 2. The normalized spacial score (nSPS) is 23.2. The molecule has 1 rings (SSSR count). The van der Waals surface area contributed by atoms with Crippen molar-refractivity contribution in [1.29, 1.82) is 0 Å². The van der Waals surface area contributed by atoms with Crippen LogP contribution in [0.2, 0.25) is 0 Å². The van der Waals surface area contributed by atoms with E-state index in [1.165, 1.54) is 0 Å². The van der Waals surface area contributed by atoms with Gasteiger partial charge in [0, 0.05) is 11.6 Å². The first-order chi connectivity index (χ1) is 10.8. The smallest absolute Gasteiger partial charge is 0.330 e. The Balaban J connectivity index is 2.47. The molecule has 0 heterocycles. The number of hydrogen-bond acceptors (Lipinski definition) is 4. The number of hydroxylamine groups is 2. The van der Waals surface area contributed by atoms with E-state index in [2.05, 4.69) is 5.32 Å². The van der Waals surface area contributed by atoms with Gasteiger partial charge in [0.15, 0.2) is 0 Å². The van der Waals surface area contributed by atoms with Gasteiger partial charge in [-0.2, -0.15) is 13.2 Å². The third-order valence-electron chi connectivity index (χ3n) is 4.00. The molecule has 134 valence electrons. The van der Waals surface area contributed by atoms with Crippen LogP contribution in [0.25, 0.3) is 0 Å². The highest BCUT2D eigenvalue weighted by molar-refractivity contribution is 5.80. The Bertz CT molecular complexity index is 405. The van der Waals surface area contributed by atoms with E-state index < -0.39 is 12.1 Å². The van der Waals surface area contributed by atoms with Gasteiger partial charge >= 0.3 is 6.18 Å². The van der Waals surface area contributed by atoms with Crippen LogP contribution in [0.3, 0.4) is 0 Å². The lowest BCUT2D eigenvalue weighted by Gasteiger charge is -2.29. The fourth-order valence-electron chi connectivity index (χ4n) is 2.62. The summed E-state index contributed by atoms with van der Waals surface area (Å²) in [5.74, 6) is -1.93. The number of nitrogens with one attached hydrogen (secondary N) is 1. The summed E-state index contributed by atoms with van der Waals surface area (Å²) in [4.78, 5) is 17.0. The average molecular weight is 338 g/mol. The molecule has 1 aliphatic rings. The number of allylic oxidation sites excluding steroid dienone is 1. The molecule has 0 saturated heterocycles. The van der Waals surface area contributed by atoms with Crippen LogP contribution < -0.4 is 5.32 Å². The van der Waals surface area contributed by atoms with E-state index in [-0.39, 0.29) is 44.1 Å². The Morgan fingerprint density at radius 3 is 2.39 bits per heavy atom. The second-order valence-corrected chi connectivity index (χ2v) is 5.61. The van der Waals surface area contributed by atoms with E-state index in [1.807, 2.05) is 6.92 Å². The quantitative estimate of drug-likeness (QED) is 0.699. The molecule has 0 aromatic rings. The third-order valence-corrected chi connectivity index (χ3v) is 4.00. The van der Waals surface area contributed by atoms with Crippen LogP contribution in [-0.2, 0) is 9.63 Å². The SMILES string of the molecule is CCON(O)C/C=C(/CC)NC(=O)C1CCC(C(F)(F)F)CC1. The van der Waals surface area contributed by atoms with Crippen molar-refractivity contribution in [3.8, 4) is 0 Å². The molecule has 0 atom stereocenters. The molecule has 0 bridgehead atoms. The van der Waals surface area contributed by atoms with Gasteiger partial charge in [-0.3, -0.25) is 14.8 Å². The van der Waals surface area contributed by atoms with Crippen LogP contribution >= 0.6 is 0 Å². The Kier molecular flexibility index (Phi) is 8.01. The molecule has 8 heteroatoms. The van der Waals surface area contributed by atoms with Crippen molar-refractivity contribution in [2.24, 2.45) is 11.8 Å². The maximum Gasteiger partial charge on any atom is 0.391 e. The molecule has 0 aliphatic heterocycles. The van der Waals surface area contributed by atoms with Crippen molar-refractivity contribution in [2.75, 3.05) is 13.2 Å². The highest BCUT2D eigenvalue weighted by atomic mass is 19.4. The highest BCUT2D eigenvalue weighted by Gasteiger charge is 2.42. The molecule has 0 aromatic carbocycles. The maximum absolute atomic E-state index is 12.6. The maximum atomic E-state index is 12.6. The number of carbonyl (C=O) groups excluding carboxylic acids is 1. The molecular formula is C15H25F3N2O3. The third kappa shape index (κ3) is 6.88. The van der Waals surface area contributed by atoms with Crippen LogP contribution in [0.15, 0.2) is 11.8 Å². The lowest BCUT2D eigenvalue weighted by Crippen LogP contribution is -2.35.